The quantitative estimate of drug-likeness (QED) is 0.378. The Kier molecular flexibility index (Phi) is 5.70. The van der Waals surface area contributed by atoms with Crippen LogP contribution in [0.3, 0.4) is 0 Å². The van der Waals surface area contributed by atoms with Crippen molar-refractivity contribution in [3.8, 4) is 0 Å². The van der Waals surface area contributed by atoms with Crippen molar-refractivity contribution in [3.63, 3.8) is 0 Å². The van der Waals surface area contributed by atoms with E-state index in [-0.39, 0.29) is 16.1 Å². The fourth-order valence-electron chi connectivity index (χ4n) is 2.83. The highest BCUT2D eigenvalue weighted by atomic mass is 16.6. The molecule has 0 radical (unpaired) electrons. The molecule has 21 heavy (non-hydrogen) atoms. The first-order valence-electron chi connectivity index (χ1n) is 7.69. The van der Waals surface area contributed by atoms with Crippen LogP contribution in [-0.4, -0.2) is 23.7 Å². The third-order valence-electron chi connectivity index (χ3n) is 4.17. The number of non-ortho nitro benzene ring substituents is 1. The molecule has 1 aromatic carbocycles. The van der Waals surface area contributed by atoms with Gasteiger partial charge >= 0.3 is 0 Å². The van der Waals surface area contributed by atoms with Crippen molar-refractivity contribution in [2.45, 2.75) is 50.5 Å². The first-order valence-corrected chi connectivity index (χ1v) is 7.69. The zero-order valence-electron chi connectivity index (χ0n) is 12.4. The Bertz CT molecular complexity index is 451. The number of nitro benzene ring substituents is 1. The van der Waals surface area contributed by atoms with E-state index in [2.05, 4.69) is 0 Å². The van der Waals surface area contributed by atoms with Gasteiger partial charge in [-0.05, 0) is 24.8 Å². The van der Waals surface area contributed by atoms with Gasteiger partial charge in [0.05, 0.1) is 18.1 Å². The second-order valence-electron chi connectivity index (χ2n) is 6.00. The monoisotopic (exact) mass is 292 g/mol. The van der Waals surface area contributed by atoms with E-state index in [0.717, 1.165) is 24.8 Å². The van der Waals surface area contributed by atoms with E-state index in [1.54, 1.807) is 12.1 Å². The molecule has 1 fully saturated rings. The van der Waals surface area contributed by atoms with Gasteiger partial charge in [-0.3, -0.25) is 10.1 Å². The lowest BCUT2D eigenvalue weighted by Crippen LogP contribution is -2.44. The fraction of sp³-hybridized carbons (Fsp3) is 0.625. The summed E-state index contributed by atoms with van der Waals surface area (Å²) in [6.45, 7) is 1.22. The number of nitrogens with zero attached hydrogens (tertiary/aromatic N) is 1. The normalized spacial score (nSPS) is 18.1. The molecule has 1 aliphatic carbocycles. The van der Waals surface area contributed by atoms with Gasteiger partial charge in [-0.1, -0.05) is 37.8 Å². The van der Waals surface area contributed by atoms with E-state index in [1.165, 1.54) is 37.8 Å². The van der Waals surface area contributed by atoms with Gasteiger partial charge < -0.3 is 10.5 Å². The third-order valence-corrected chi connectivity index (χ3v) is 4.17. The molecular weight excluding hydrogens is 268 g/mol. The topological polar surface area (TPSA) is 78.4 Å². The van der Waals surface area contributed by atoms with Gasteiger partial charge in [0.25, 0.3) is 5.69 Å². The Hall–Kier alpha value is -1.46. The zero-order valence-corrected chi connectivity index (χ0v) is 12.4. The van der Waals surface area contributed by atoms with Crippen molar-refractivity contribution in [2.24, 2.45) is 5.73 Å². The predicted octanol–water partition coefficient (Wildman–Crippen LogP) is 3.21. The summed E-state index contributed by atoms with van der Waals surface area (Å²) in [6, 6.07) is 6.63. The lowest BCUT2D eigenvalue weighted by atomic mass is 9.93. The molecule has 2 rings (SSSR count). The van der Waals surface area contributed by atoms with Crippen LogP contribution in [0.1, 0.15) is 44.1 Å². The van der Waals surface area contributed by atoms with Gasteiger partial charge in [-0.15, -0.1) is 0 Å². The van der Waals surface area contributed by atoms with Gasteiger partial charge in [-0.2, -0.15) is 0 Å². The van der Waals surface area contributed by atoms with Crippen LogP contribution in [0.25, 0.3) is 0 Å². The largest absolute Gasteiger partial charge is 0.379 e. The molecule has 1 aliphatic rings. The molecule has 5 heteroatoms. The van der Waals surface area contributed by atoms with Crippen LogP contribution in [0.2, 0.25) is 0 Å². The molecular formula is C16H24N2O3. The summed E-state index contributed by atoms with van der Waals surface area (Å²) in [5.41, 5.74) is 7.40. The maximum absolute atomic E-state index is 10.6. The fourth-order valence-corrected chi connectivity index (χ4v) is 2.83. The van der Waals surface area contributed by atoms with Crippen molar-refractivity contribution in [1.82, 2.24) is 0 Å². The number of nitrogens with two attached hydrogens (primary N) is 1. The summed E-state index contributed by atoms with van der Waals surface area (Å²) in [6.07, 6.45) is 7.80. The molecule has 0 heterocycles. The van der Waals surface area contributed by atoms with Crippen molar-refractivity contribution in [2.75, 3.05) is 13.2 Å². The number of nitro groups is 1. The van der Waals surface area contributed by atoms with Crippen molar-refractivity contribution in [1.29, 1.82) is 0 Å². The average molecular weight is 292 g/mol. The van der Waals surface area contributed by atoms with Crippen molar-refractivity contribution >= 4 is 5.69 Å². The van der Waals surface area contributed by atoms with E-state index < -0.39 is 0 Å². The van der Waals surface area contributed by atoms with Crippen molar-refractivity contribution in [3.05, 3.63) is 39.9 Å². The molecule has 0 saturated heterocycles. The Morgan fingerprint density at radius 2 is 1.76 bits per heavy atom. The number of benzene rings is 1. The molecule has 0 unspecified atom stereocenters. The lowest BCUT2D eigenvalue weighted by Gasteiger charge is -2.27. The standard InChI is InChI=1S/C16H24N2O3/c17-16(10-3-1-2-4-11-16)13-21-12-9-14-5-7-15(8-6-14)18(19)20/h5-8H,1-4,9-13,17H2. The number of rotatable bonds is 6. The molecule has 0 bridgehead atoms. The molecule has 116 valence electrons. The minimum absolute atomic E-state index is 0.124. The Labute approximate surface area is 125 Å². The second-order valence-corrected chi connectivity index (χ2v) is 6.00. The SMILES string of the molecule is NC1(COCCc2ccc([N+](=O)[O-])cc2)CCCCCC1. The molecule has 0 aliphatic heterocycles. The van der Waals surface area contributed by atoms with Gasteiger partial charge in [0.15, 0.2) is 0 Å². The molecule has 1 aromatic rings. The molecule has 5 nitrogen and oxygen atoms in total. The first-order chi connectivity index (χ1) is 10.1. The highest BCUT2D eigenvalue weighted by Gasteiger charge is 2.26. The maximum Gasteiger partial charge on any atom is 0.269 e. The highest BCUT2D eigenvalue weighted by Crippen LogP contribution is 2.25. The Morgan fingerprint density at radius 3 is 2.33 bits per heavy atom. The highest BCUT2D eigenvalue weighted by molar-refractivity contribution is 5.32. The van der Waals surface area contributed by atoms with E-state index in [0.29, 0.717) is 13.2 Å². The molecule has 0 amide bonds. The molecule has 0 aromatic heterocycles. The minimum Gasteiger partial charge on any atom is -0.379 e. The van der Waals surface area contributed by atoms with Crippen LogP contribution in [-0.2, 0) is 11.2 Å². The van der Waals surface area contributed by atoms with E-state index >= 15 is 0 Å². The average Bonchev–Trinajstić information content (AvgIpc) is 2.69. The lowest BCUT2D eigenvalue weighted by molar-refractivity contribution is -0.384. The Balaban J connectivity index is 1.72. The van der Waals surface area contributed by atoms with Crippen LogP contribution in [0.15, 0.2) is 24.3 Å². The van der Waals surface area contributed by atoms with Crippen LogP contribution in [0.4, 0.5) is 5.69 Å². The van der Waals surface area contributed by atoms with Gasteiger partial charge in [0.1, 0.15) is 0 Å². The summed E-state index contributed by atoms with van der Waals surface area (Å²) in [5.74, 6) is 0. The van der Waals surface area contributed by atoms with Crippen LogP contribution in [0, 0.1) is 10.1 Å². The molecule has 0 atom stereocenters. The van der Waals surface area contributed by atoms with Gasteiger partial charge in [-0.25, -0.2) is 0 Å². The number of hydrogen-bond donors (Lipinski definition) is 1. The summed E-state index contributed by atoms with van der Waals surface area (Å²) in [4.78, 5) is 10.2. The smallest absolute Gasteiger partial charge is 0.269 e. The van der Waals surface area contributed by atoms with Crippen LogP contribution >= 0.6 is 0 Å². The van der Waals surface area contributed by atoms with E-state index in [4.69, 9.17) is 10.5 Å². The molecule has 0 spiro atoms. The summed E-state index contributed by atoms with van der Waals surface area (Å²) < 4.78 is 5.75. The zero-order chi connectivity index (χ0) is 15.1. The molecule has 1 saturated carbocycles. The first kappa shape index (κ1) is 15.9. The van der Waals surface area contributed by atoms with Gasteiger partial charge in [0, 0.05) is 17.7 Å². The summed E-state index contributed by atoms with van der Waals surface area (Å²) in [7, 11) is 0. The Morgan fingerprint density at radius 1 is 1.14 bits per heavy atom. The van der Waals surface area contributed by atoms with Crippen LogP contribution in [0.5, 0.6) is 0 Å². The number of hydrogen-bond acceptors (Lipinski definition) is 4. The summed E-state index contributed by atoms with van der Waals surface area (Å²) >= 11 is 0. The minimum atomic E-state index is -0.384. The second kappa shape index (κ2) is 7.52. The third kappa shape index (κ3) is 5.10. The maximum atomic E-state index is 10.6. The van der Waals surface area contributed by atoms with E-state index in [1.807, 2.05) is 0 Å². The predicted molar refractivity (Wildman–Crippen MR) is 82.2 cm³/mol. The van der Waals surface area contributed by atoms with Crippen molar-refractivity contribution < 1.29 is 9.66 Å². The number of ether oxygens (including phenoxy) is 1. The van der Waals surface area contributed by atoms with E-state index in [9.17, 15) is 10.1 Å². The molecule has 2 N–H and O–H groups in total. The summed E-state index contributed by atoms with van der Waals surface area (Å²) in [5, 5.41) is 10.6. The van der Waals surface area contributed by atoms with Gasteiger partial charge in [0.2, 0.25) is 0 Å². The van der Waals surface area contributed by atoms with Crippen LogP contribution < -0.4 is 5.73 Å².